The molecular formula is C13H19NO. The highest BCUT2D eigenvalue weighted by Gasteiger charge is 2.13. The van der Waals surface area contributed by atoms with Crippen molar-refractivity contribution >= 4 is 0 Å². The maximum atomic E-state index is 5.45. The van der Waals surface area contributed by atoms with Gasteiger partial charge in [-0.1, -0.05) is 29.3 Å². The van der Waals surface area contributed by atoms with Crippen LogP contribution in [-0.4, -0.2) is 25.8 Å². The third-order valence-corrected chi connectivity index (χ3v) is 2.76. The smallest absolute Gasteiger partial charge is 0.0623 e. The molecular weight excluding hydrogens is 186 g/mol. The van der Waals surface area contributed by atoms with E-state index in [1.165, 1.54) is 16.7 Å². The first kappa shape index (κ1) is 10.7. The van der Waals surface area contributed by atoms with Crippen LogP contribution in [0.25, 0.3) is 0 Å². The van der Waals surface area contributed by atoms with Crippen molar-refractivity contribution in [2.45, 2.75) is 26.3 Å². The second kappa shape index (κ2) is 4.77. The second-order valence-corrected chi connectivity index (χ2v) is 4.43. The Morgan fingerprint density at radius 2 is 2.00 bits per heavy atom. The minimum atomic E-state index is 0.486. The summed E-state index contributed by atoms with van der Waals surface area (Å²) in [5, 5.41) is 3.48. The summed E-state index contributed by atoms with van der Waals surface area (Å²) in [7, 11) is 0. The van der Waals surface area contributed by atoms with Gasteiger partial charge in [-0.3, -0.25) is 0 Å². The van der Waals surface area contributed by atoms with Gasteiger partial charge in [-0.05, 0) is 25.8 Å². The molecule has 2 nitrogen and oxygen atoms in total. The highest BCUT2D eigenvalue weighted by Crippen LogP contribution is 2.11. The fourth-order valence-electron chi connectivity index (χ4n) is 2.22. The molecule has 0 spiro atoms. The Labute approximate surface area is 91.6 Å². The minimum Gasteiger partial charge on any atom is -0.379 e. The number of nitrogens with one attached hydrogen (secondary N) is 1. The molecule has 1 aliphatic rings. The van der Waals surface area contributed by atoms with Gasteiger partial charge in [-0.2, -0.15) is 0 Å². The summed E-state index contributed by atoms with van der Waals surface area (Å²) >= 11 is 0. The molecule has 1 heterocycles. The molecule has 0 amide bonds. The van der Waals surface area contributed by atoms with Crippen molar-refractivity contribution in [3.05, 3.63) is 34.9 Å². The SMILES string of the molecule is Cc1cc(C)cc(CC2COCCN2)c1. The van der Waals surface area contributed by atoms with E-state index in [2.05, 4.69) is 37.4 Å². The van der Waals surface area contributed by atoms with Gasteiger partial charge in [0.1, 0.15) is 0 Å². The van der Waals surface area contributed by atoms with E-state index in [9.17, 15) is 0 Å². The molecule has 0 aromatic heterocycles. The topological polar surface area (TPSA) is 21.3 Å². The van der Waals surface area contributed by atoms with Crippen LogP contribution in [-0.2, 0) is 11.2 Å². The van der Waals surface area contributed by atoms with Gasteiger partial charge in [0.05, 0.1) is 13.2 Å². The Bertz CT molecular complexity index is 309. The van der Waals surface area contributed by atoms with Crippen molar-refractivity contribution in [3.8, 4) is 0 Å². The van der Waals surface area contributed by atoms with E-state index in [1.54, 1.807) is 0 Å². The molecule has 1 saturated heterocycles. The van der Waals surface area contributed by atoms with Gasteiger partial charge in [0.25, 0.3) is 0 Å². The first-order chi connectivity index (χ1) is 7.24. The number of hydrogen-bond acceptors (Lipinski definition) is 2. The summed E-state index contributed by atoms with van der Waals surface area (Å²) < 4.78 is 5.45. The van der Waals surface area contributed by atoms with Crippen LogP contribution < -0.4 is 5.32 Å². The van der Waals surface area contributed by atoms with Crippen LogP contribution >= 0.6 is 0 Å². The molecule has 1 aliphatic heterocycles. The number of ether oxygens (including phenoxy) is 1. The number of morpholine rings is 1. The van der Waals surface area contributed by atoms with Gasteiger partial charge in [0.2, 0.25) is 0 Å². The first-order valence-electron chi connectivity index (χ1n) is 5.62. The fourth-order valence-corrected chi connectivity index (χ4v) is 2.22. The van der Waals surface area contributed by atoms with Crippen molar-refractivity contribution in [2.75, 3.05) is 19.8 Å². The molecule has 2 heteroatoms. The quantitative estimate of drug-likeness (QED) is 0.795. The van der Waals surface area contributed by atoms with Gasteiger partial charge in [0, 0.05) is 12.6 Å². The van der Waals surface area contributed by atoms with E-state index < -0.39 is 0 Å². The maximum Gasteiger partial charge on any atom is 0.0623 e. The Balaban J connectivity index is 2.02. The lowest BCUT2D eigenvalue weighted by molar-refractivity contribution is 0.0770. The Morgan fingerprint density at radius 3 is 2.60 bits per heavy atom. The average Bonchev–Trinajstić information content (AvgIpc) is 2.17. The van der Waals surface area contributed by atoms with Crippen LogP contribution in [0.15, 0.2) is 18.2 Å². The van der Waals surface area contributed by atoms with Gasteiger partial charge in [-0.25, -0.2) is 0 Å². The van der Waals surface area contributed by atoms with Gasteiger partial charge >= 0.3 is 0 Å². The summed E-state index contributed by atoms with van der Waals surface area (Å²) in [5.74, 6) is 0. The van der Waals surface area contributed by atoms with Crippen LogP contribution in [0.3, 0.4) is 0 Å². The number of aryl methyl sites for hydroxylation is 2. The molecule has 0 saturated carbocycles. The molecule has 1 atom stereocenters. The van der Waals surface area contributed by atoms with Crippen molar-refractivity contribution in [1.82, 2.24) is 5.32 Å². The molecule has 1 N–H and O–H groups in total. The Kier molecular flexibility index (Phi) is 3.39. The minimum absolute atomic E-state index is 0.486. The largest absolute Gasteiger partial charge is 0.379 e. The molecule has 0 aliphatic carbocycles. The molecule has 1 aromatic rings. The second-order valence-electron chi connectivity index (χ2n) is 4.43. The van der Waals surface area contributed by atoms with Crippen LogP contribution in [0.1, 0.15) is 16.7 Å². The van der Waals surface area contributed by atoms with Crippen LogP contribution in [0.2, 0.25) is 0 Å². The van der Waals surface area contributed by atoms with Gasteiger partial charge < -0.3 is 10.1 Å². The average molecular weight is 205 g/mol. The lowest BCUT2D eigenvalue weighted by Gasteiger charge is -2.24. The lowest BCUT2D eigenvalue weighted by atomic mass is 10.0. The third-order valence-electron chi connectivity index (χ3n) is 2.76. The van der Waals surface area contributed by atoms with E-state index in [-0.39, 0.29) is 0 Å². The van der Waals surface area contributed by atoms with E-state index in [0.29, 0.717) is 6.04 Å². The van der Waals surface area contributed by atoms with Crippen LogP contribution in [0.5, 0.6) is 0 Å². The zero-order chi connectivity index (χ0) is 10.7. The van der Waals surface area contributed by atoms with Gasteiger partial charge in [-0.15, -0.1) is 0 Å². The summed E-state index contributed by atoms with van der Waals surface area (Å²) in [4.78, 5) is 0. The summed E-state index contributed by atoms with van der Waals surface area (Å²) in [6.07, 6.45) is 1.07. The number of benzene rings is 1. The fraction of sp³-hybridized carbons (Fsp3) is 0.538. The lowest BCUT2D eigenvalue weighted by Crippen LogP contribution is -2.42. The van der Waals surface area contributed by atoms with Crippen molar-refractivity contribution in [3.63, 3.8) is 0 Å². The zero-order valence-corrected chi connectivity index (χ0v) is 9.55. The standard InChI is InChI=1S/C13H19NO/c1-10-5-11(2)7-12(6-10)8-13-9-15-4-3-14-13/h5-7,13-14H,3-4,8-9H2,1-2H3. The molecule has 1 aromatic carbocycles. The van der Waals surface area contributed by atoms with E-state index in [4.69, 9.17) is 4.74 Å². The first-order valence-corrected chi connectivity index (χ1v) is 5.62. The Morgan fingerprint density at radius 1 is 1.27 bits per heavy atom. The molecule has 15 heavy (non-hydrogen) atoms. The predicted octanol–water partition coefficient (Wildman–Crippen LogP) is 1.83. The van der Waals surface area contributed by atoms with Crippen molar-refractivity contribution in [2.24, 2.45) is 0 Å². The molecule has 0 radical (unpaired) electrons. The third kappa shape index (κ3) is 3.05. The van der Waals surface area contributed by atoms with Crippen LogP contribution in [0.4, 0.5) is 0 Å². The Hall–Kier alpha value is -0.860. The highest BCUT2D eigenvalue weighted by atomic mass is 16.5. The summed E-state index contributed by atoms with van der Waals surface area (Å²) in [6.45, 7) is 6.98. The number of hydrogen-bond donors (Lipinski definition) is 1. The summed E-state index contributed by atoms with van der Waals surface area (Å²) in [5.41, 5.74) is 4.11. The van der Waals surface area contributed by atoms with Gasteiger partial charge in [0.15, 0.2) is 0 Å². The maximum absolute atomic E-state index is 5.45. The predicted molar refractivity (Wildman–Crippen MR) is 62.2 cm³/mol. The number of rotatable bonds is 2. The normalized spacial score (nSPS) is 21.6. The van der Waals surface area contributed by atoms with Crippen LogP contribution in [0, 0.1) is 13.8 Å². The monoisotopic (exact) mass is 205 g/mol. The molecule has 0 bridgehead atoms. The molecule has 2 rings (SSSR count). The van der Waals surface area contributed by atoms with E-state index >= 15 is 0 Å². The highest BCUT2D eigenvalue weighted by molar-refractivity contribution is 5.29. The molecule has 1 unspecified atom stereocenters. The summed E-state index contributed by atoms with van der Waals surface area (Å²) in [6, 6.07) is 7.24. The van der Waals surface area contributed by atoms with E-state index in [1.807, 2.05) is 0 Å². The molecule has 82 valence electrons. The zero-order valence-electron chi connectivity index (χ0n) is 9.55. The molecule has 1 fully saturated rings. The van der Waals surface area contributed by atoms with E-state index in [0.717, 1.165) is 26.2 Å². The van der Waals surface area contributed by atoms with Crippen molar-refractivity contribution < 1.29 is 4.74 Å². The van der Waals surface area contributed by atoms with Crippen molar-refractivity contribution in [1.29, 1.82) is 0 Å².